The summed E-state index contributed by atoms with van der Waals surface area (Å²) in [6.07, 6.45) is 0. The summed E-state index contributed by atoms with van der Waals surface area (Å²) in [5.41, 5.74) is 0.480. The summed E-state index contributed by atoms with van der Waals surface area (Å²) in [7, 11) is 3.93. The van der Waals surface area contributed by atoms with E-state index in [1.54, 1.807) is 12.1 Å². The molecule has 5 heteroatoms. The minimum absolute atomic E-state index is 0.138. The van der Waals surface area contributed by atoms with E-state index in [4.69, 9.17) is 0 Å². The third-order valence-electron chi connectivity index (χ3n) is 2.65. The van der Waals surface area contributed by atoms with Crippen molar-refractivity contribution in [3.63, 3.8) is 0 Å². The van der Waals surface area contributed by atoms with Gasteiger partial charge in [0.1, 0.15) is 5.75 Å². The van der Waals surface area contributed by atoms with Crippen LogP contribution < -0.4 is 5.32 Å². The standard InChI is InChI=1S/C12H17IN2O2/c1-8(15(2)3)7-14-12(17)9-4-5-10(13)11(16)6-9/h4-6,8,16H,7H2,1-3H3,(H,14,17). The maximum Gasteiger partial charge on any atom is 0.251 e. The Kier molecular flexibility index (Phi) is 5.20. The van der Waals surface area contributed by atoms with Gasteiger partial charge in [-0.1, -0.05) is 0 Å². The van der Waals surface area contributed by atoms with Crippen LogP contribution in [-0.2, 0) is 0 Å². The van der Waals surface area contributed by atoms with E-state index in [2.05, 4.69) is 5.32 Å². The molecule has 1 rings (SSSR count). The lowest BCUT2D eigenvalue weighted by Gasteiger charge is -2.19. The average Bonchev–Trinajstić information content (AvgIpc) is 2.28. The fraction of sp³-hybridized carbons (Fsp3) is 0.417. The molecule has 0 radical (unpaired) electrons. The monoisotopic (exact) mass is 348 g/mol. The summed E-state index contributed by atoms with van der Waals surface area (Å²) >= 11 is 2.02. The van der Waals surface area contributed by atoms with Gasteiger partial charge in [-0.05, 0) is 61.8 Å². The molecule has 0 saturated carbocycles. The van der Waals surface area contributed by atoms with Crippen LogP contribution in [0.25, 0.3) is 0 Å². The third kappa shape index (κ3) is 4.16. The Balaban J connectivity index is 2.61. The molecule has 1 aromatic carbocycles. The van der Waals surface area contributed by atoms with Gasteiger partial charge in [-0.2, -0.15) is 0 Å². The molecule has 17 heavy (non-hydrogen) atoms. The number of phenols is 1. The zero-order valence-electron chi connectivity index (χ0n) is 10.2. The van der Waals surface area contributed by atoms with Gasteiger partial charge in [0.25, 0.3) is 5.91 Å². The van der Waals surface area contributed by atoms with Gasteiger partial charge >= 0.3 is 0 Å². The predicted molar refractivity (Wildman–Crippen MR) is 76.3 cm³/mol. The largest absolute Gasteiger partial charge is 0.507 e. The molecule has 4 nitrogen and oxygen atoms in total. The first kappa shape index (κ1) is 14.2. The van der Waals surface area contributed by atoms with Crippen LogP contribution >= 0.6 is 22.6 Å². The molecule has 1 atom stereocenters. The van der Waals surface area contributed by atoms with Crippen LogP contribution in [0.5, 0.6) is 5.75 Å². The van der Waals surface area contributed by atoms with Crippen molar-refractivity contribution in [2.75, 3.05) is 20.6 Å². The van der Waals surface area contributed by atoms with Crippen LogP contribution in [0.3, 0.4) is 0 Å². The molecular formula is C12H17IN2O2. The molecule has 0 bridgehead atoms. The number of nitrogens with one attached hydrogen (secondary N) is 1. The predicted octanol–water partition coefficient (Wildman–Crippen LogP) is 1.68. The molecular weight excluding hydrogens is 331 g/mol. The topological polar surface area (TPSA) is 52.6 Å². The normalized spacial score (nSPS) is 12.5. The third-order valence-corrected chi connectivity index (χ3v) is 3.56. The number of phenolic OH excluding ortho intramolecular Hbond substituents is 1. The highest BCUT2D eigenvalue weighted by molar-refractivity contribution is 14.1. The van der Waals surface area contributed by atoms with Crippen molar-refractivity contribution in [1.82, 2.24) is 10.2 Å². The number of benzene rings is 1. The first-order valence-electron chi connectivity index (χ1n) is 5.35. The van der Waals surface area contributed by atoms with Crippen LogP contribution in [0.2, 0.25) is 0 Å². The molecule has 0 saturated heterocycles. The van der Waals surface area contributed by atoms with Crippen LogP contribution in [0.1, 0.15) is 17.3 Å². The summed E-state index contributed by atoms with van der Waals surface area (Å²) in [6, 6.07) is 5.19. The maximum absolute atomic E-state index is 11.8. The van der Waals surface area contributed by atoms with E-state index in [0.717, 1.165) is 3.57 Å². The van der Waals surface area contributed by atoms with E-state index in [-0.39, 0.29) is 17.7 Å². The molecule has 94 valence electrons. The summed E-state index contributed by atoms with van der Waals surface area (Å²) in [5.74, 6) is -0.0238. The number of rotatable bonds is 4. The quantitative estimate of drug-likeness (QED) is 0.814. The van der Waals surface area contributed by atoms with Crippen LogP contribution in [-0.4, -0.2) is 42.6 Å². The van der Waals surface area contributed by atoms with Crippen molar-refractivity contribution in [2.45, 2.75) is 13.0 Å². The first-order chi connectivity index (χ1) is 7.91. The van der Waals surface area contributed by atoms with Crippen molar-refractivity contribution in [1.29, 1.82) is 0 Å². The Hall–Kier alpha value is -0.820. The summed E-state index contributed by atoms with van der Waals surface area (Å²) in [6.45, 7) is 2.62. The van der Waals surface area contributed by atoms with Crippen LogP contribution in [0.4, 0.5) is 0 Å². The zero-order valence-corrected chi connectivity index (χ0v) is 12.4. The Morgan fingerprint density at radius 1 is 1.53 bits per heavy atom. The molecule has 0 aliphatic heterocycles. The number of hydrogen-bond donors (Lipinski definition) is 2. The molecule has 1 aromatic rings. The summed E-state index contributed by atoms with van der Waals surface area (Å²) in [4.78, 5) is 13.8. The van der Waals surface area contributed by atoms with E-state index in [0.29, 0.717) is 12.1 Å². The first-order valence-corrected chi connectivity index (χ1v) is 6.43. The number of aromatic hydroxyl groups is 1. The Morgan fingerprint density at radius 2 is 2.18 bits per heavy atom. The zero-order chi connectivity index (χ0) is 13.0. The molecule has 2 N–H and O–H groups in total. The molecule has 1 amide bonds. The molecule has 0 aliphatic carbocycles. The van der Waals surface area contributed by atoms with Crippen molar-refractivity contribution < 1.29 is 9.90 Å². The van der Waals surface area contributed by atoms with E-state index in [1.807, 2.05) is 48.5 Å². The number of amides is 1. The van der Waals surface area contributed by atoms with Crippen molar-refractivity contribution in [3.8, 4) is 5.75 Å². The second-order valence-corrected chi connectivity index (χ2v) is 5.35. The van der Waals surface area contributed by atoms with E-state index < -0.39 is 0 Å². The number of carbonyl (C=O) groups excluding carboxylic acids is 1. The number of halogens is 1. The van der Waals surface area contributed by atoms with Gasteiger partial charge in [-0.15, -0.1) is 0 Å². The number of likely N-dealkylation sites (N-methyl/N-ethyl adjacent to an activating group) is 1. The molecule has 1 unspecified atom stereocenters. The summed E-state index contributed by atoms with van der Waals surface area (Å²) in [5, 5.41) is 12.4. The maximum atomic E-state index is 11.8. The summed E-state index contributed by atoms with van der Waals surface area (Å²) < 4.78 is 0.737. The van der Waals surface area contributed by atoms with Crippen LogP contribution in [0.15, 0.2) is 18.2 Å². The highest BCUT2D eigenvalue weighted by Gasteiger charge is 2.10. The van der Waals surface area contributed by atoms with Gasteiger partial charge in [-0.25, -0.2) is 0 Å². The lowest BCUT2D eigenvalue weighted by Crippen LogP contribution is -2.38. The lowest BCUT2D eigenvalue weighted by molar-refractivity contribution is 0.0943. The van der Waals surface area contributed by atoms with E-state index in [1.165, 1.54) is 6.07 Å². The average molecular weight is 348 g/mol. The second-order valence-electron chi connectivity index (χ2n) is 4.19. The fourth-order valence-electron chi connectivity index (χ4n) is 1.18. The minimum atomic E-state index is -0.162. The Bertz CT molecular complexity index is 407. The smallest absolute Gasteiger partial charge is 0.251 e. The highest BCUT2D eigenvalue weighted by Crippen LogP contribution is 2.20. The lowest BCUT2D eigenvalue weighted by atomic mass is 10.2. The second kappa shape index (κ2) is 6.20. The van der Waals surface area contributed by atoms with Gasteiger partial charge in [0.2, 0.25) is 0 Å². The SMILES string of the molecule is CC(CNC(=O)c1ccc(I)c(O)c1)N(C)C. The van der Waals surface area contributed by atoms with Crippen LogP contribution in [0, 0.1) is 3.57 Å². The fourth-order valence-corrected chi connectivity index (χ4v) is 1.51. The molecule has 0 fully saturated rings. The Morgan fingerprint density at radius 3 is 2.71 bits per heavy atom. The van der Waals surface area contributed by atoms with Gasteiger partial charge in [0.05, 0.1) is 3.57 Å². The van der Waals surface area contributed by atoms with Gasteiger partial charge in [0.15, 0.2) is 0 Å². The number of nitrogens with zero attached hydrogens (tertiary/aromatic N) is 1. The molecule has 0 heterocycles. The van der Waals surface area contributed by atoms with Gasteiger partial charge in [0, 0.05) is 18.2 Å². The Labute approximate surface area is 115 Å². The molecule has 0 aliphatic rings. The van der Waals surface area contributed by atoms with Crippen molar-refractivity contribution >= 4 is 28.5 Å². The molecule has 0 aromatic heterocycles. The van der Waals surface area contributed by atoms with Crippen molar-refractivity contribution in [2.24, 2.45) is 0 Å². The van der Waals surface area contributed by atoms with Crippen molar-refractivity contribution in [3.05, 3.63) is 27.3 Å². The molecule has 0 spiro atoms. The van der Waals surface area contributed by atoms with E-state index >= 15 is 0 Å². The van der Waals surface area contributed by atoms with Gasteiger partial charge in [-0.3, -0.25) is 4.79 Å². The number of hydrogen-bond acceptors (Lipinski definition) is 3. The number of carbonyl (C=O) groups is 1. The highest BCUT2D eigenvalue weighted by atomic mass is 127. The van der Waals surface area contributed by atoms with Gasteiger partial charge < -0.3 is 15.3 Å². The van der Waals surface area contributed by atoms with E-state index in [9.17, 15) is 9.90 Å². The minimum Gasteiger partial charge on any atom is -0.507 e.